The van der Waals surface area contributed by atoms with Crippen molar-refractivity contribution in [2.24, 2.45) is 40.9 Å². The van der Waals surface area contributed by atoms with Crippen LogP contribution in [0.5, 0.6) is 0 Å². The minimum absolute atomic E-state index is 0.0190. The van der Waals surface area contributed by atoms with Crippen molar-refractivity contribution in [2.45, 2.75) is 187 Å². The van der Waals surface area contributed by atoms with Gasteiger partial charge in [0, 0.05) is 71.3 Å². The summed E-state index contributed by atoms with van der Waals surface area (Å²) in [5.74, 6) is -9.59. The van der Waals surface area contributed by atoms with Gasteiger partial charge in [-0.3, -0.25) is 28.8 Å². The largest absolute Gasteiger partial charge is 0.464 e. The Kier molecular flexibility index (Phi) is 30.6. The zero-order chi connectivity index (χ0) is 62.3. The summed E-state index contributed by atoms with van der Waals surface area (Å²) in [5, 5.41) is 34.0. The number of hydrogen-bond acceptors (Lipinski definition) is 20. The Morgan fingerprint density at radius 1 is 0.869 bits per heavy atom. The third kappa shape index (κ3) is 21.0. The Hall–Kier alpha value is -4.16. The second kappa shape index (κ2) is 35.6. The number of nitrogens with zero attached hydrogens (tertiary/aromatic N) is 1. The summed E-state index contributed by atoms with van der Waals surface area (Å²) < 4.78 is 51.7. The van der Waals surface area contributed by atoms with Crippen LogP contribution in [0.3, 0.4) is 0 Å². The lowest BCUT2D eigenvalue weighted by molar-refractivity contribution is -0.265. The fourth-order valence-electron chi connectivity index (χ4n) is 11.5. The second-order valence-corrected chi connectivity index (χ2v) is 25.1. The maximum absolute atomic E-state index is 14.7. The zero-order valence-electron chi connectivity index (χ0n) is 51.9. The van der Waals surface area contributed by atoms with E-state index in [1.165, 1.54) is 32.9 Å². The fourth-order valence-corrected chi connectivity index (χ4v) is 12.1. The van der Waals surface area contributed by atoms with Crippen LogP contribution < -0.4 is 0 Å². The van der Waals surface area contributed by atoms with Crippen LogP contribution in [0.15, 0.2) is 47.6 Å². The van der Waals surface area contributed by atoms with Gasteiger partial charge in [-0.05, 0) is 114 Å². The number of allylic oxidation sites excluding steroid dienone is 6. The highest BCUT2D eigenvalue weighted by atomic mass is 32.2. The van der Waals surface area contributed by atoms with Gasteiger partial charge in [-0.1, -0.05) is 71.1 Å². The molecule has 84 heavy (non-hydrogen) atoms. The molecular weight excluding hydrogens is 1110 g/mol. The molecule has 4 rings (SSSR count). The number of rotatable bonds is 19. The number of aliphatic hydroxyl groups is 3. The highest BCUT2D eigenvalue weighted by Crippen LogP contribution is 2.39. The smallest absolute Gasteiger partial charge is 0.329 e. The first-order valence-corrected chi connectivity index (χ1v) is 31.1. The molecule has 4 aliphatic rings. The van der Waals surface area contributed by atoms with Crippen LogP contribution in [0.1, 0.15) is 132 Å². The van der Waals surface area contributed by atoms with Gasteiger partial charge < -0.3 is 62.9 Å². The first-order chi connectivity index (χ1) is 39.9. The molecule has 0 aromatic carbocycles. The number of amides is 1. The molecule has 1 amide bonds. The van der Waals surface area contributed by atoms with Crippen molar-refractivity contribution in [1.29, 1.82) is 0 Å². The van der Waals surface area contributed by atoms with Crippen LogP contribution in [0.2, 0.25) is 0 Å². The van der Waals surface area contributed by atoms with Crippen molar-refractivity contribution >= 4 is 52.9 Å². The topological polar surface area (TPSA) is 266 Å². The number of hydrogen-bond donors (Lipinski definition) is 3. The average molecular weight is 1210 g/mol. The molecule has 0 radical (unpaired) electrons. The molecule has 0 spiro atoms. The number of fused-ring (bicyclic) bond motifs is 3. The molecule has 3 N–H and O–H groups in total. The predicted octanol–water partition coefficient (Wildman–Crippen LogP) is 6.67. The van der Waals surface area contributed by atoms with E-state index in [1.54, 1.807) is 48.0 Å². The fraction of sp³-hybridized carbons (Fsp3) is 0.762. The first kappa shape index (κ1) is 72.3. The number of thioether (sulfide) groups is 1. The molecule has 3 aliphatic heterocycles. The molecule has 3 fully saturated rings. The van der Waals surface area contributed by atoms with E-state index in [0.717, 1.165) is 10.5 Å². The third-order valence-electron chi connectivity index (χ3n) is 17.1. The van der Waals surface area contributed by atoms with E-state index >= 15 is 0 Å². The van der Waals surface area contributed by atoms with Gasteiger partial charge >= 0.3 is 17.9 Å². The molecular formula is C63H99NO19S. The van der Waals surface area contributed by atoms with Crippen LogP contribution in [-0.4, -0.2) is 195 Å². The predicted molar refractivity (Wildman–Crippen MR) is 315 cm³/mol. The van der Waals surface area contributed by atoms with Crippen molar-refractivity contribution in [3.63, 3.8) is 0 Å². The molecule has 0 aromatic rings. The lowest BCUT2D eigenvalue weighted by Gasteiger charge is -2.42. The molecule has 3 heterocycles. The highest BCUT2D eigenvalue weighted by Gasteiger charge is 2.53. The maximum Gasteiger partial charge on any atom is 0.329 e. The van der Waals surface area contributed by atoms with Crippen LogP contribution in [0.4, 0.5) is 0 Å². The third-order valence-corrected chi connectivity index (χ3v) is 18.0. The Morgan fingerprint density at radius 2 is 1.61 bits per heavy atom. The number of ether oxygens (including phenoxy) is 9. The normalized spacial score (nSPS) is 34.6. The van der Waals surface area contributed by atoms with E-state index in [4.69, 9.17) is 42.6 Å². The van der Waals surface area contributed by atoms with Crippen LogP contribution >= 0.6 is 11.8 Å². The molecule has 20 nitrogen and oxygen atoms in total. The number of esters is 3. The SMILES string of the molecule is COCCOCCSCC(=O)OCC(C)(CO)C(=O)O[C@@H]1CC[C@@H](C[C@@H](C)[C@@H]2CC(=O)[C@H](C)/C=C(\C)[C@@H](O)[C@@H](OC)C(=O)[C@H](C)C[C@H](C)/C=C/C=C/C=C(\C)[C@@H](OC)C[C@@H]3CC[C@@H](C)[C@@](O)(O3)C(=O)C(=O)N3CCCC[C@H]3C(=O)O2)C[C@H]1OC. The van der Waals surface area contributed by atoms with Crippen molar-refractivity contribution in [3.05, 3.63) is 47.6 Å². The van der Waals surface area contributed by atoms with Gasteiger partial charge in [-0.25, -0.2) is 4.79 Å². The van der Waals surface area contributed by atoms with Crippen molar-refractivity contribution in [1.82, 2.24) is 4.90 Å². The summed E-state index contributed by atoms with van der Waals surface area (Å²) in [6.45, 7) is 14.2. The van der Waals surface area contributed by atoms with Gasteiger partial charge in [0.15, 0.2) is 5.78 Å². The van der Waals surface area contributed by atoms with Crippen molar-refractivity contribution < 1.29 is 91.5 Å². The van der Waals surface area contributed by atoms with Gasteiger partial charge in [0.1, 0.15) is 48.3 Å². The Balaban J connectivity index is 1.60. The van der Waals surface area contributed by atoms with E-state index in [2.05, 4.69) is 0 Å². The average Bonchev–Trinajstić information content (AvgIpc) is 2.77. The lowest BCUT2D eigenvalue weighted by atomic mass is 9.78. The summed E-state index contributed by atoms with van der Waals surface area (Å²) in [6, 6.07) is -1.22. The van der Waals surface area contributed by atoms with Gasteiger partial charge in [-0.2, -0.15) is 0 Å². The van der Waals surface area contributed by atoms with Crippen LogP contribution in [-0.2, 0) is 76.2 Å². The molecule has 1 saturated carbocycles. The number of carbonyl (C=O) groups is 7. The number of carbonyl (C=O) groups excluding carboxylic acids is 7. The van der Waals surface area contributed by atoms with Gasteiger partial charge in [0.2, 0.25) is 5.79 Å². The van der Waals surface area contributed by atoms with E-state index in [-0.39, 0.29) is 55.0 Å². The molecule has 21 heteroatoms. The second-order valence-electron chi connectivity index (χ2n) is 24.0. The molecule has 2 bridgehead atoms. The Bertz CT molecular complexity index is 2290. The molecule has 476 valence electrons. The highest BCUT2D eigenvalue weighted by molar-refractivity contribution is 7.99. The van der Waals surface area contributed by atoms with E-state index in [1.807, 2.05) is 51.2 Å². The number of piperidine rings is 1. The number of cyclic esters (lactones) is 1. The Labute approximate surface area is 502 Å². The monoisotopic (exact) mass is 1210 g/mol. The molecule has 1 aliphatic carbocycles. The quantitative estimate of drug-likeness (QED) is 0.0401. The molecule has 0 aromatic heterocycles. The number of Topliss-reactive ketones (excluding diaryl/α,β-unsaturated/α-hetero) is 3. The molecule has 1 unspecified atom stereocenters. The van der Waals surface area contributed by atoms with Gasteiger partial charge in [0.05, 0.1) is 50.5 Å². The van der Waals surface area contributed by atoms with E-state index in [0.29, 0.717) is 88.9 Å². The van der Waals surface area contributed by atoms with Crippen molar-refractivity contribution in [2.75, 3.05) is 79.5 Å². The van der Waals surface area contributed by atoms with Gasteiger partial charge in [-0.15, -0.1) is 11.8 Å². The molecule has 16 atom stereocenters. The van der Waals surface area contributed by atoms with E-state index < -0.39 is 126 Å². The zero-order valence-corrected chi connectivity index (χ0v) is 52.7. The van der Waals surface area contributed by atoms with Crippen molar-refractivity contribution in [3.8, 4) is 0 Å². The number of methoxy groups -OCH3 is 4. The summed E-state index contributed by atoms with van der Waals surface area (Å²) in [5.41, 5.74) is -0.361. The standard InChI is InChI=1S/C63H99NO19S/c1-39-18-14-13-15-19-40(2)51(76-10)34-47-23-21-45(7)63(74,83-47)58(70)59(71)64-25-17-16-20-48(64)60(72)81-52(35-49(66)41(3)31-44(6)56(69)57(78-12)55(68)43(5)30-39)42(4)32-46-22-24-50(53(33-46)77-11)82-61(73)62(8,37-65)38-80-54(67)36-84-29-28-79-27-26-75-9/h13-15,18-19,31,39,41-43,45-48,50-53,56-57,65,69,74H,16-17,20-30,32-38H2,1-12H3/b15-13+,18-14+,40-19+,44-31+/t39-,41-,42-,43-,45-,46+,47+,48+,50-,51+,52+,53-,56-,57+,62?,63-/m1/s1. The minimum Gasteiger partial charge on any atom is -0.464 e. The lowest BCUT2D eigenvalue weighted by Crippen LogP contribution is -2.61. The maximum atomic E-state index is 14.7. The van der Waals surface area contributed by atoms with Gasteiger partial charge in [0.25, 0.3) is 11.7 Å². The van der Waals surface area contributed by atoms with E-state index in [9.17, 15) is 48.9 Å². The Morgan fingerprint density at radius 3 is 2.29 bits per heavy atom. The minimum atomic E-state index is -2.49. The molecule has 2 saturated heterocycles. The number of ketones is 3. The first-order valence-electron chi connectivity index (χ1n) is 30.0. The summed E-state index contributed by atoms with van der Waals surface area (Å²) in [6.07, 6.45) is 9.27. The summed E-state index contributed by atoms with van der Waals surface area (Å²) in [7, 11) is 6.00. The number of aliphatic hydroxyl groups excluding tert-OH is 2. The van der Waals surface area contributed by atoms with Crippen LogP contribution in [0.25, 0.3) is 0 Å². The summed E-state index contributed by atoms with van der Waals surface area (Å²) in [4.78, 5) is 99.2. The summed E-state index contributed by atoms with van der Waals surface area (Å²) >= 11 is 1.31. The van der Waals surface area contributed by atoms with Crippen LogP contribution in [0, 0.1) is 40.9 Å².